The Kier molecular flexibility index (Phi) is 5.71. The van der Waals surface area contributed by atoms with Crippen LogP contribution in [0.25, 0.3) is 0 Å². The Labute approximate surface area is 136 Å². The van der Waals surface area contributed by atoms with Crippen molar-refractivity contribution in [1.29, 1.82) is 0 Å². The quantitative estimate of drug-likeness (QED) is 0.794. The summed E-state index contributed by atoms with van der Waals surface area (Å²) in [6.07, 6.45) is 1.64. The number of carbonyl (C=O) groups excluding carboxylic acids is 2. The monoisotopic (exact) mass is 322 g/mol. The van der Waals surface area contributed by atoms with Gasteiger partial charge in [-0.05, 0) is 37.1 Å². The van der Waals surface area contributed by atoms with Gasteiger partial charge in [-0.15, -0.1) is 0 Å². The van der Waals surface area contributed by atoms with E-state index in [0.29, 0.717) is 18.7 Å². The maximum absolute atomic E-state index is 13.2. The van der Waals surface area contributed by atoms with Crippen LogP contribution in [0.1, 0.15) is 24.4 Å². The number of benzene rings is 1. The average Bonchev–Trinajstić information content (AvgIpc) is 2.56. The fraction of sp³-hybridized carbons (Fsp3) is 0.529. The Bertz CT molecular complexity index is 559. The van der Waals surface area contributed by atoms with E-state index in [4.69, 9.17) is 4.74 Å². The normalized spacial score (nSPS) is 19.9. The van der Waals surface area contributed by atoms with E-state index in [-0.39, 0.29) is 17.6 Å². The maximum atomic E-state index is 13.2. The molecule has 1 heterocycles. The zero-order chi connectivity index (χ0) is 17.0. The number of likely N-dealkylation sites (tertiary alicyclic amines) is 1. The van der Waals surface area contributed by atoms with E-state index in [1.807, 2.05) is 4.90 Å². The first-order chi connectivity index (χ1) is 10.9. The minimum absolute atomic E-state index is 0.0671. The molecule has 1 saturated heterocycles. The molecule has 2 rings (SSSR count). The third-order valence-electron chi connectivity index (χ3n) is 4.22. The molecule has 0 unspecified atom stereocenters. The van der Waals surface area contributed by atoms with Gasteiger partial charge in [0.25, 0.3) is 0 Å². The van der Waals surface area contributed by atoms with E-state index < -0.39 is 12.0 Å². The molecular weight excluding hydrogens is 299 g/mol. The number of rotatable bonds is 4. The Morgan fingerprint density at radius 1 is 1.30 bits per heavy atom. The predicted molar refractivity (Wildman–Crippen MR) is 84.1 cm³/mol. The number of carbonyl (C=O) groups is 2. The number of esters is 1. The molecule has 1 aliphatic rings. The van der Waals surface area contributed by atoms with E-state index in [0.717, 1.165) is 12.8 Å². The Balaban J connectivity index is 2.23. The highest BCUT2D eigenvalue weighted by Crippen LogP contribution is 2.28. The molecule has 0 bridgehead atoms. The van der Waals surface area contributed by atoms with Gasteiger partial charge in [0.1, 0.15) is 11.9 Å². The van der Waals surface area contributed by atoms with Crippen molar-refractivity contribution in [1.82, 2.24) is 9.80 Å². The number of hydrogen-bond donors (Lipinski definition) is 0. The zero-order valence-corrected chi connectivity index (χ0v) is 13.8. The second kappa shape index (κ2) is 7.55. The number of halogens is 1. The maximum Gasteiger partial charge on any atom is 0.327 e. The summed E-state index contributed by atoms with van der Waals surface area (Å²) < 4.78 is 18.1. The van der Waals surface area contributed by atoms with Crippen LogP contribution in [0.4, 0.5) is 4.39 Å². The van der Waals surface area contributed by atoms with Crippen LogP contribution in [-0.2, 0) is 14.3 Å². The van der Waals surface area contributed by atoms with Crippen molar-refractivity contribution in [2.45, 2.75) is 18.9 Å². The summed E-state index contributed by atoms with van der Waals surface area (Å²) >= 11 is 0. The molecule has 0 N–H and O–H groups in total. The summed E-state index contributed by atoms with van der Waals surface area (Å²) in [7, 11) is 4.81. The van der Waals surface area contributed by atoms with Crippen molar-refractivity contribution in [2.24, 2.45) is 5.92 Å². The molecule has 0 aliphatic carbocycles. The highest BCUT2D eigenvalue weighted by molar-refractivity contribution is 5.80. The van der Waals surface area contributed by atoms with Crippen LogP contribution in [-0.4, -0.2) is 56.0 Å². The largest absolute Gasteiger partial charge is 0.468 e. The van der Waals surface area contributed by atoms with Crippen LogP contribution < -0.4 is 0 Å². The number of hydrogen-bond acceptors (Lipinski definition) is 4. The van der Waals surface area contributed by atoms with Gasteiger partial charge in [0, 0.05) is 20.6 Å². The first-order valence-corrected chi connectivity index (χ1v) is 7.72. The highest BCUT2D eigenvalue weighted by Gasteiger charge is 2.35. The molecule has 126 valence electrons. The number of amides is 1. The molecule has 1 aromatic carbocycles. The van der Waals surface area contributed by atoms with Crippen molar-refractivity contribution >= 4 is 11.9 Å². The van der Waals surface area contributed by atoms with Gasteiger partial charge >= 0.3 is 5.97 Å². The van der Waals surface area contributed by atoms with Crippen LogP contribution in [0.15, 0.2) is 24.3 Å². The van der Waals surface area contributed by atoms with Gasteiger partial charge in [-0.3, -0.25) is 9.69 Å². The third-order valence-corrected chi connectivity index (χ3v) is 4.22. The minimum atomic E-state index is -0.613. The third kappa shape index (κ3) is 4.07. The summed E-state index contributed by atoms with van der Waals surface area (Å²) in [4.78, 5) is 28.0. The molecule has 6 heteroatoms. The first kappa shape index (κ1) is 17.4. The molecule has 0 radical (unpaired) electrons. The van der Waals surface area contributed by atoms with E-state index in [2.05, 4.69) is 0 Å². The van der Waals surface area contributed by atoms with Crippen LogP contribution in [0.3, 0.4) is 0 Å². The van der Waals surface area contributed by atoms with Crippen molar-refractivity contribution < 1.29 is 18.7 Å². The fourth-order valence-electron chi connectivity index (χ4n) is 3.06. The topological polar surface area (TPSA) is 49.9 Å². The van der Waals surface area contributed by atoms with Gasteiger partial charge in [0.05, 0.1) is 13.0 Å². The number of ether oxygens (including phenoxy) is 1. The number of nitrogens with zero attached hydrogens (tertiary/aromatic N) is 2. The highest BCUT2D eigenvalue weighted by atomic mass is 19.1. The smallest absolute Gasteiger partial charge is 0.327 e. The molecule has 0 saturated carbocycles. The van der Waals surface area contributed by atoms with Gasteiger partial charge < -0.3 is 9.64 Å². The van der Waals surface area contributed by atoms with Crippen LogP contribution in [0, 0.1) is 11.7 Å². The lowest BCUT2D eigenvalue weighted by atomic mass is 9.93. The molecule has 0 aromatic heterocycles. The van der Waals surface area contributed by atoms with Crippen LogP contribution in [0.5, 0.6) is 0 Å². The molecule has 1 aromatic rings. The van der Waals surface area contributed by atoms with Crippen LogP contribution in [0.2, 0.25) is 0 Å². The second-order valence-corrected chi connectivity index (χ2v) is 6.04. The van der Waals surface area contributed by atoms with E-state index >= 15 is 0 Å². The molecule has 23 heavy (non-hydrogen) atoms. The molecular formula is C17H23FN2O3. The molecule has 2 atom stereocenters. The second-order valence-electron chi connectivity index (χ2n) is 6.04. The van der Waals surface area contributed by atoms with Crippen molar-refractivity contribution in [3.63, 3.8) is 0 Å². The lowest BCUT2D eigenvalue weighted by molar-refractivity contribution is -0.149. The average molecular weight is 322 g/mol. The summed E-state index contributed by atoms with van der Waals surface area (Å²) in [5.74, 6) is -0.810. The van der Waals surface area contributed by atoms with Gasteiger partial charge in [-0.1, -0.05) is 12.1 Å². The molecule has 0 spiro atoms. The van der Waals surface area contributed by atoms with Gasteiger partial charge in [0.15, 0.2) is 0 Å². The van der Waals surface area contributed by atoms with Gasteiger partial charge in [-0.25, -0.2) is 9.18 Å². The van der Waals surface area contributed by atoms with Crippen molar-refractivity contribution in [2.75, 3.05) is 34.3 Å². The number of methoxy groups -OCH3 is 1. The Hall–Kier alpha value is -1.95. The predicted octanol–water partition coefficient (Wildman–Crippen LogP) is 1.84. The van der Waals surface area contributed by atoms with Crippen LogP contribution >= 0.6 is 0 Å². The lowest BCUT2D eigenvalue weighted by Gasteiger charge is -2.37. The van der Waals surface area contributed by atoms with Crippen molar-refractivity contribution in [3.8, 4) is 0 Å². The Morgan fingerprint density at radius 3 is 2.52 bits per heavy atom. The SMILES string of the molecule is COC(=O)[C@H](c1ccc(F)cc1)N1CCC[C@H](C(=O)N(C)C)C1. The van der Waals surface area contributed by atoms with Crippen molar-refractivity contribution in [3.05, 3.63) is 35.6 Å². The molecule has 5 nitrogen and oxygen atoms in total. The summed E-state index contributed by atoms with van der Waals surface area (Å²) in [5, 5.41) is 0. The van der Waals surface area contributed by atoms with Gasteiger partial charge in [-0.2, -0.15) is 0 Å². The lowest BCUT2D eigenvalue weighted by Crippen LogP contribution is -2.46. The summed E-state index contributed by atoms with van der Waals surface area (Å²) in [6, 6.07) is 5.23. The van der Waals surface area contributed by atoms with E-state index in [9.17, 15) is 14.0 Å². The first-order valence-electron chi connectivity index (χ1n) is 7.72. The minimum Gasteiger partial charge on any atom is -0.468 e. The molecule has 1 fully saturated rings. The van der Waals surface area contributed by atoms with E-state index in [1.54, 1.807) is 31.1 Å². The standard InChI is InChI=1S/C17H23FN2O3/c1-19(2)16(21)13-5-4-10-20(11-13)15(17(22)23-3)12-6-8-14(18)9-7-12/h6-9,13,15H,4-5,10-11H2,1-3H3/t13-,15-/m0/s1. The number of piperidine rings is 1. The summed E-state index contributed by atoms with van der Waals surface area (Å²) in [6.45, 7) is 1.20. The fourth-order valence-corrected chi connectivity index (χ4v) is 3.06. The summed E-state index contributed by atoms with van der Waals surface area (Å²) in [5.41, 5.74) is 0.677. The molecule has 1 amide bonds. The van der Waals surface area contributed by atoms with E-state index in [1.165, 1.54) is 19.2 Å². The zero-order valence-electron chi connectivity index (χ0n) is 13.8. The van der Waals surface area contributed by atoms with Gasteiger partial charge in [0.2, 0.25) is 5.91 Å². The Morgan fingerprint density at radius 2 is 1.96 bits per heavy atom. The molecule has 1 aliphatic heterocycles.